The molecule has 0 aliphatic rings. The highest BCUT2D eigenvalue weighted by Crippen LogP contribution is 2.23. The fourth-order valence-corrected chi connectivity index (χ4v) is 1.87. The Hall–Kier alpha value is -3.00. The number of ether oxygens (including phenoxy) is 1. The van der Waals surface area contributed by atoms with Crippen molar-refractivity contribution in [2.75, 3.05) is 17.7 Å². The Kier molecular flexibility index (Phi) is 4.42. The van der Waals surface area contributed by atoms with Crippen LogP contribution in [0.2, 0.25) is 0 Å². The molecule has 0 aromatic heterocycles. The zero-order chi connectivity index (χ0) is 15.2. The molecule has 2 rings (SSSR count). The summed E-state index contributed by atoms with van der Waals surface area (Å²) >= 11 is 0. The third-order valence-electron chi connectivity index (χ3n) is 2.86. The van der Waals surface area contributed by atoms with Gasteiger partial charge in [-0.1, -0.05) is 12.1 Å². The number of carbonyl (C=O) groups is 1. The third-order valence-corrected chi connectivity index (χ3v) is 2.86. The molecule has 0 atom stereocenters. The number of nitrogens with two attached hydrogens (primary N) is 1. The summed E-state index contributed by atoms with van der Waals surface area (Å²) in [6.45, 7) is 2.33. The first-order valence-electron chi connectivity index (χ1n) is 6.48. The lowest BCUT2D eigenvalue weighted by Gasteiger charge is -2.11. The number of anilines is 2. The van der Waals surface area contributed by atoms with Gasteiger partial charge < -0.3 is 15.8 Å². The van der Waals surface area contributed by atoms with Crippen LogP contribution in [-0.2, 0) is 0 Å². The molecule has 0 saturated carbocycles. The van der Waals surface area contributed by atoms with Crippen LogP contribution in [0, 0.1) is 11.3 Å². The maximum Gasteiger partial charge on any atom is 0.259 e. The molecule has 0 aliphatic carbocycles. The highest BCUT2D eigenvalue weighted by atomic mass is 16.5. The first-order valence-corrected chi connectivity index (χ1v) is 6.48. The Morgan fingerprint density at radius 2 is 2.10 bits per heavy atom. The van der Waals surface area contributed by atoms with E-state index in [1.807, 2.05) is 13.0 Å². The maximum atomic E-state index is 12.3. The van der Waals surface area contributed by atoms with Crippen molar-refractivity contribution in [3.8, 4) is 11.8 Å². The fraction of sp³-hybridized carbons (Fsp3) is 0.125. The van der Waals surface area contributed by atoms with Gasteiger partial charge in [-0.15, -0.1) is 0 Å². The number of hydrogen-bond donors (Lipinski definition) is 2. The summed E-state index contributed by atoms with van der Waals surface area (Å²) in [5, 5.41) is 11.5. The lowest BCUT2D eigenvalue weighted by atomic mass is 10.1. The Bertz CT molecular complexity index is 705. The first-order chi connectivity index (χ1) is 10.2. The summed E-state index contributed by atoms with van der Waals surface area (Å²) in [4.78, 5) is 12.3. The van der Waals surface area contributed by atoms with E-state index in [0.29, 0.717) is 34.9 Å². The summed E-state index contributed by atoms with van der Waals surface area (Å²) in [6.07, 6.45) is 0. The zero-order valence-electron chi connectivity index (χ0n) is 11.6. The van der Waals surface area contributed by atoms with Gasteiger partial charge in [0, 0.05) is 0 Å². The molecule has 0 fully saturated rings. The molecule has 1 amide bonds. The van der Waals surface area contributed by atoms with Crippen LogP contribution in [0.1, 0.15) is 22.8 Å². The Labute approximate surface area is 123 Å². The number of para-hydroxylation sites is 1. The minimum absolute atomic E-state index is 0.310. The Balaban J connectivity index is 2.24. The summed E-state index contributed by atoms with van der Waals surface area (Å²) in [6, 6.07) is 13.7. The molecule has 106 valence electrons. The monoisotopic (exact) mass is 281 g/mol. The van der Waals surface area contributed by atoms with Gasteiger partial charge in [0.25, 0.3) is 5.91 Å². The van der Waals surface area contributed by atoms with E-state index in [0.717, 1.165) is 0 Å². The lowest BCUT2D eigenvalue weighted by Crippen LogP contribution is -2.14. The van der Waals surface area contributed by atoms with E-state index in [9.17, 15) is 4.79 Å². The van der Waals surface area contributed by atoms with Crippen molar-refractivity contribution >= 4 is 17.3 Å². The van der Waals surface area contributed by atoms with Gasteiger partial charge >= 0.3 is 0 Å². The number of benzene rings is 2. The average Bonchev–Trinajstić information content (AvgIpc) is 2.50. The quantitative estimate of drug-likeness (QED) is 0.843. The molecule has 0 spiro atoms. The molecule has 5 heteroatoms. The predicted molar refractivity (Wildman–Crippen MR) is 81.1 cm³/mol. The molecule has 3 N–H and O–H groups in total. The number of nitriles is 1. The SMILES string of the molecule is CCOc1ccccc1C(=O)Nc1ccc(C#N)cc1N. The number of rotatable bonds is 4. The molecule has 0 unspecified atom stereocenters. The number of nitrogens with zero attached hydrogens (tertiary/aromatic N) is 1. The number of nitrogens with one attached hydrogen (secondary N) is 1. The third kappa shape index (κ3) is 3.31. The molecule has 0 saturated heterocycles. The van der Waals surface area contributed by atoms with Gasteiger partial charge in [-0.05, 0) is 37.3 Å². The lowest BCUT2D eigenvalue weighted by molar-refractivity contribution is 0.102. The largest absolute Gasteiger partial charge is 0.493 e. The van der Waals surface area contributed by atoms with Gasteiger partial charge in [0.2, 0.25) is 0 Å². The van der Waals surface area contributed by atoms with E-state index in [1.165, 1.54) is 6.07 Å². The van der Waals surface area contributed by atoms with Crippen molar-refractivity contribution in [2.45, 2.75) is 6.92 Å². The van der Waals surface area contributed by atoms with Crippen LogP contribution >= 0.6 is 0 Å². The van der Waals surface area contributed by atoms with Crippen LogP contribution < -0.4 is 15.8 Å². The first kappa shape index (κ1) is 14.4. The van der Waals surface area contributed by atoms with Crippen LogP contribution in [0.15, 0.2) is 42.5 Å². The topological polar surface area (TPSA) is 88.1 Å². The maximum absolute atomic E-state index is 12.3. The highest BCUT2D eigenvalue weighted by molar-refractivity contribution is 6.07. The van der Waals surface area contributed by atoms with Crippen LogP contribution in [0.25, 0.3) is 0 Å². The van der Waals surface area contributed by atoms with E-state index < -0.39 is 0 Å². The summed E-state index contributed by atoms with van der Waals surface area (Å²) in [7, 11) is 0. The van der Waals surface area contributed by atoms with Crippen LogP contribution in [0.4, 0.5) is 11.4 Å². The van der Waals surface area contributed by atoms with Crippen molar-refractivity contribution < 1.29 is 9.53 Å². The van der Waals surface area contributed by atoms with Gasteiger partial charge in [0.05, 0.1) is 35.2 Å². The van der Waals surface area contributed by atoms with Gasteiger partial charge in [-0.2, -0.15) is 5.26 Å². The summed E-state index contributed by atoms with van der Waals surface area (Å²) < 4.78 is 5.43. The second-order valence-electron chi connectivity index (χ2n) is 4.30. The normalized spacial score (nSPS) is 9.71. The van der Waals surface area contributed by atoms with Crippen LogP contribution in [0.5, 0.6) is 5.75 Å². The van der Waals surface area contributed by atoms with Gasteiger partial charge in [0.15, 0.2) is 0 Å². The summed E-state index contributed by atoms with van der Waals surface area (Å²) in [5.74, 6) is 0.208. The minimum Gasteiger partial charge on any atom is -0.493 e. The number of nitrogen functional groups attached to an aromatic ring is 1. The van der Waals surface area contributed by atoms with Crippen molar-refractivity contribution in [2.24, 2.45) is 0 Å². The molecular weight excluding hydrogens is 266 g/mol. The van der Waals surface area contributed by atoms with Crippen LogP contribution in [0.3, 0.4) is 0 Å². The summed E-state index contributed by atoms with van der Waals surface area (Å²) in [5.41, 5.74) is 7.51. The molecule has 0 heterocycles. The Morgan fingerprint density at radius 3 is 2.76 bits per heavy atom. The molecule has 2 aromatic rings. The highest BCUT2D eigenvalue weighted by Gasteiger charge is 2.13. The van der Waals surface area contributed by atoms with E-state index in [4.69, 9.17) is 15.7 Å². The standard InChI is InChI=1S/C16H15N3O2/c1-2-21-15-6-4-3-5-12(15)16(20)19-14-8-7-11(10-17)9-13(14)18/h3-9H,2,18H2,1H3,(H,19,20). The fourth-order valence-electron chi connectivity index (χ4n) is 1.87. The van der Waals surface area contributed by atoms with Crippen molar-refractivity contribution in [1.82, 2.24) is 0 Å². The van der Waals surface area contributed by atoms with Crippen LogP contribution in [-0.4, -0.2) is 12.5 Å². The second kappa shape index (κ2) is 6.44. The van der Waals surface area contributed by atoms with E-state index in [1.54, 1.807) is 36.4 Å². The molecule has 0 radical (unpaired) electrons. The van der Waals surface area contributed by atoms with Crippen molar-refractivity contribution in [3.63, 3.8) is 0 Å². The van der Waals surface area contributed by atoms with E-state index in [-0.39, 0.29) is 5.91 Å². The number of carbonyl (C=O) groups excluding carboxylic acids is 1. The van der Waals surface area contributed by atoms with Gasteiger partial charge in [-0.25, -0.2) is 0 Å². The molecule has 0 bridgehead atoms. The smallest absolute Gasteiger partial charge is 0.259 e. The molecule has 0 aliphatic heterocycles. The molecule has 21 heavy (non-hydrogen) atoms. The number of hydrogen-bond acceptors (Lipinski definition) is 4. The van der Waals surface area contributed by atoms with Gasteiger partial charge in [0.1, 0.15) is 5.75 Å². The Morgan fingerprint density at radius 1 is 1.33 bits per heavy atom. The second-order valence-corrected chi connectivity index (χ2v) is 4.30. The van der Waals surface area contributed by atoms with E-state index in [2.05, 4.69) is 5.32 Å². The van der Waals surface area contributed by atoms with Gasteiger partial charge in [-0.3, -0.25) is 4.79 Å². The number of amides is 1. The predicted octanol–water partition coefficient (Wildman–Crippen LogP) is 2.79. The minimum atomic E-state index is -0.310. The molecule has 5 nitrogen and oxygen atoms in total. The van der Waals surface area contributed by atoms with Crippen molar-refractivity contribution in [3.05, 3.63) is 53.6 Å². The molecule has 2 aromatic carbocycles. The van der Waals surface area contributed by atoms with E-state index >= 15 is 0 Å². The molecular formula is C16H15N3O2. The van der Waals surface area contributed by atoms with Crippen molar-refractivity contribution in [1.29, 1.82) is 5.26 Å². The average molecular weight is 281 g/mol. The zero-order valence-corrected chi connectivity index (χ0v) is 11.6.